The molecular weight excluding hydrogens is 304 g/mol. The lowest BCUT2D eigenvalue weighted by atomic mass is 10.0. The summed E-state index contributed by atoms with van der Waals surface area (Å²) < 4.78 is 0. The summed E-state index contributed by atoms with van der Waals surface area (Å²) in [6, 6.07) is 7.42. The molecule has 0 amide bonds. The number of hydrogen-bond acceptors (Lipinski definition) is 2. The third kappa shape index (κ3) is 5.89. The minimum atomic E-state index is 0. The van der Waals surface area contributed by atoms with Gasteiger partial charge >= 0.3 is 0 Å². The van der Waals surface area contributed by atoms with E-state index in [-0.39, 0.29) is 1.43 Å². The van der Waals surface area contributed by atoms with E-state index in [1.165, 1.54) is 16.0 Å². The van der Waals surface area contributed by atoms with E-state index in [1.807, 2.05) is 6.92 Å². The number of hydrogen-bond donors (Lipinski definition) is 1. The maximum atomic E-state index is 6.32. The Kier molecular flexibility index (Phi) is 8.18. The number of nitrogens with one attached hydrogen (secondary N) is 1. The Morgan fingerprint density at radius 3 is 2.32 bits per heavy atom. The number of benzene rings is 1. The van der Waals surface area contributed by atoms with Crippen molar-refractivity contribution in [2.24, 2.45) is 0 Å². The van der Waals surface area contributed by atoms with Crippen molar-refractivity contribution in [3.63, 3.8) is 0 Å². The zero-order valence-corrected chi connectivity index (χ0v) is 17.1. The van der Waals surface area contributed by atoms with Crippen LogP contribution in [0.5, 0.6) is 0 Å². The quantitative estimate of drug-likeness (QED) is 0.770. The van der Waals surface area contributed by atoms with Crippen LogP contribution in [-0.4, -0.2) is 30.1 Å². The van der Waals surface area contributed by atoms with Gasteiger partial charge in [-0.2, -0.15) is 0 Å². The second kappa shape index (κ2) is 9.62. The summed E-state index contributed by atoms with van der Waals surface area (Å²) in [6.45, 7) is 27.3. The summed E-state index contributed by atoms with van der Waals surface area (Å²) in [5.41, 5.74) is 4.04. The van der Waals surface area contributed by atoms with Gasteiger partial charge in [-0.25, -0.2) is 0 Å². The van der Waals surface area contributed by atoms with Crippen molar-refractivity contribution in [1.29, 1.82) is 0 Å². The zero-order valence-electron chi connectivity index (χ0n) is 17.1. The van der Waals surface area contributed by atoms with Crippen LogP contribution in [0.1, 0.15) is 55.5 Å². The van der Waals surface area contributed by atoms with Gasteiger partial charge in [0.25, 0.3) is 0 Å². The van der Waals surface area contributed by atoms with Crippen molar-refractivity contribution in [1.82, 2.24) is 10.2 Å². The van der Waals surface area contributed by atoms with Gasteiger partial charge in [0.15, 0.2) is 0 Å². The molecule has 0 aromatic heterocycles. The molecule has 0 aliphatic rings. The Morgan fingerprint density at radius 2 is 1.84 bits per heavy atom. The monoisotopic (exact) mass is 341 g/mol. The highest BCUT2D eigenvalue weighted by Gasteiger charge is 2.12. The highest BCUT2D eigenvalue weighted by Crippen LogP contribution is 2.08. The van der Waals surface area contributed by atoms with Crippen LogP contribution in [0.2, 0.25) is 0 Å². The standard InChI is InChI=1S/C23H35N2.H2/c1-10-21-11-12-22(15-23(21)19(8)16(2)3)20(9)24-13-14-25(17(4)5)18(6)7;/h9-12,15,17-18,24H,2,13-14H2,1,3-8H3;1H/b20-9?,21-10+,23-19-;. The fraction of sp³-hybridized carbons (Fsp3) is 0.478. The first-order valence-corrected chi connectivity index (χ1v) is 9.24. The van der Waals surface area contributed by atoms with Crippen LogP contribution in [0.3, 0.4) is 0 Å². The molecule has 0 saturated carbocycles. The molecule has 0 heterocycles. The molecule has 0 saturated heterocycles. The van der Waals surface area contributed by atoms with Crippen LogP contribution >= 0.6 is 0 Å². The van der Waals surface area contributed by atoms with Gasteiger partial charge in [-0.3, -0.25) is 4.90 Å². The maximum Gasteiger partial charge on any atom is 0.0415 e. The lowest BCUT2D eigenvalue weighted by Gasteiger charge is -2.30. The molecule has 1 aromatic carbocycles. The van der Waals surface area contributed by atoms with Gasteiger partial charge in [0, 0.05) is 32.3 Å². The summed E-state index contributed by atoms with van der Waals surface area (Å²) in [6.07, 6.45) is 2.12. The molecule has 0 bridgehead atoms. The molecule has 139 valence electrons. The molecule has 0 atom stereocenters. The summed E-state index contributed by atoms with van der Waals surface area (Å²) in [5.74, 6) is 0. The second-order valence-corrected chi connectivity index (χ2v) is 7.26. The third-order valence-corrected chi connectivity index (χ3v) is 4.73. The average Bonchev–Trinajstić information content (AvgIpc) is 2.56. The highest BCUT2D eigenvalue weighted by atomic mass is 15.2. The number of allylic oxidation sites excluding steroid dienone is 1. The largest absolute Gasteiger partial charge is 0.383 e. The molecule has 1 rings (SSSR count). The van der Waals surface area contributed by atoms with Crippen molar-refractivity contribution in [2.75, 3.05) is 13.1 Å². The molecule has 0 aliphatic carbocycles. The molecule has 0 spiro atoms. The first-order valence-electron chi connectivity index (χ1n) is 9.24. The molecule has 0 fully saturated rings. The van der Waals surface area contributed by atoms with E-state index in [9.17, 15) is 0 Å². The summed E-state index contributed by atoms with van der Waals surface area (Å²) >= 11 is 0. The Hall–Kier alpha value is -1.80. The van der Waals surface area contributed by atoms with Gasteiger partial charge in [-0.15, -0.1) is 0 Å². The van der Waals surface area contributed by atoms with Crippen LogP contribution in [0, 0.1) is 6.58 Å². The summed E-state index contributed by atoms with van der Waals surface area (Å²) in [5, 5.41) is 5.79. The molecule has 0 aliphatic heterocycles. The van der Waals surface area contributed by atoms with Crippen molar-refractivity contribution < 1.29 is 1.43 Å². The number of rotatable bonds is 8. The van der Waals surface area contributed by atoms with Gasteiger partial charge in [-0.1, -0.05) is 30.4 Å². The van der Waals surface area contributed by atoms with E-state index >= 15 is 0 Å². The smallest absolute Gasteiger partial charge is 0.0415 e. The minimum absolute atomic E-state index is 0. The van der Waals surface area contributed by atoms with Gasteiger partial charge in [-0.05, 0) is 82.7 Å². The maximum absolute atomic E-state index is 6.32. The SMILES string of the molecule is [CH]=C(NCCN(C(C)C)C(C)C)c1ccc(=C\C)/c(=C(/C)C(=C)C)c1.[HH]. The van der Waals surface area contributed by atoms with Gasteiger partial charge in [0.1, 0.15) is 0 Å². The van der Waals surface area contributed by atoms with E-state index in [0.29, 0.717) is 12.1 Å². The Labute approximate surface area is 156 Å². The van der Waals surface area contributed by atoms with E-state index in [4.69, 9.17) is 6.58 Å². The molecule has 2 nitrogen and oxygen atoms in total. The third-order valence-electron chi connectivity index (χ3n) is 4.73. The molecule has 0 unspecified atom stereocenters. The Bertz CT molecular complexity index is 721. The lowest BCUT2D eigenvalue weighted by Crippen LogP contribution is -2.41. The molecule has 1 radical (unpaired) electrons. The van der Waals surface area contributed by atoms with Crippen LogP contribution in [0.4, 0.5) is 0 Å². The minimum Gasteiger partial charge on any atom is -0.383 e. The van der Waals surface area contributed by atoms with Crippen LogP contribution in [0.25, 0.3) is 17.3 Å². The van der Waals surface area contributed by atoms with Crippen molar-refractivity contribution in [3.8, 4) is 0 Å². The van der Waals surface area contributed by atoms with E-state index in [1.54, 1.807) is 0 Å². The first-order chi connectivity index (χ1) is 11.7. The fourth-order valence-electron chi connectivity index (χ4n) is 3.06. The zero-order chi connectivity index (χ0) is 19.1. The molecule has 2 heteroatoms. The van der Waals surface area contributed by atoms with Crippen molar-refractivity contribution in [2.45, 2.75) is 60.5 Å². The highest BCUT2D eigenvalue weighted by molar-refractivity contribution is 5.65. The van der Waals surface area contributed by atoms with Crippen molar-refractivity contribution >= 4 is 17.3 Å². The topological polar surface area (TPSA) is 15.3 Å². The van der Waals surface area contributed by atoms with Gasteiger partial charge in [0.05, 0.1) is 0 Å². The van der Waals surface area contributed by atoms with Crippen LogP contribution < -0.4 is 15.8 Å². The predicted molar refractivity (Wildman–Crippen MR) is 115 cm³/mol. The van der Waals surface area contributed by atoms with Crippen LogP contribution in [-0.2, 0) is 0 Å². The normalized spacial score (nSPS) is 13.6. The molecular formula is C23H37N2. The molecule has 1 aromatic rings. The summed E-state index contributed by atoms with van der Waals surface area (Å²) in [7, 11) is 0. The van der Waals surface area contributed by atoms with Gasteiger partial charge in [0.2, 0.25) is 0 Å². The Morgan fingerprint density at radius 1 is 1.24 bits per heavy atom. The first kappa shape index (κ1) is 21.2. The van der Waals surface area contributed by atoms with Crippen LogP contribution in [0.15, 0.2) is 30.4 Å². The van der Waals surface area contributed by atoms with E-state index < -0.39 is 0 Å². The summed E-state index contributed by atoms with van der Waals surface area (Å²) in [4.78, 5) is 2.46. The molecule has 1 N–H and O–H groups in total. The van der Waals surface area contributed by atoms with Crippen molar-refractivity contribution in [3.05, 3.63) is 52.9 Å². The van der Waals surface area contributed by atoms with E-state index in [0.717, 1.165) is 29.9 Å². The predicted octanol–water partition coefficient (Wildman–Crippen LogP) is 3.96. The van der Waals surface area contributed by atoms with E-state index in [2.05, 4.69) is 82.6 Å². The number of nitrogens with zero attached hydrogens (tertiary/aromatic N) is 1. The second-order valence-electron chi connectivity index (χ2n) is 7.26. The Balaban J connectivity index is 0.00000625. The van der Waals surface area contributed by atoms with Gasteiger partial charge < -0.3 is 5.32 Å². The fourth-order valence-corrected chi connectivity index (χ4v) is 3.06. The lowest BCUT2D eigenvalue weighted by molar-refractivity contribution is 0.178. The molecule has 25 heavy (non-hydrogen) atoms. The average molecular weight is 342 g/mol.